The molecule has 0 bridgehead atoms. The summed E-state index contributed by atoms with van der Waals surface area (Å²) in [5, 5.41) is 2.41. The molecule has 3 rings (SSSR count). The van der Waals surface area contributed by atoms with Crippen molar-refractivity contribution >= 4 is 11.8 Å². The smallest absolute Gasteiger partial charge is 0.258 e. The lowest BCUT2D eigenvalue weighted by atomic mass is 9.85. The molecule has 1 heterocycles. The Morgan fingerprint density at radius 2 is 1.50 bits per heavy atom. The van der Waals surface area contributed by atoms with E-state index in [4.69, 9.17) is 0 Å². The number of benzene rings is 2. The number of nitrogens with one attached hydrogen (secondary N) is 1. The molecule has 88 valence electrons. The first-order chi connectivity index (χ1) is 8.77. The second kappa shape index (κ2) is 4.11. The number of carbonyl (C=O) groups excluding carboxylic acids is 2. The summed E-state index contributed by atoms with van der Waals surface area (Å²) in [6.45, 7) is 0. The van der Waals surface area contributed by atoms with Crippen LogP contribution in [-0.4, -0.2) is 11.8 Å². The van der Waals surface area contributed by atoms with Crippen molar-refractivity contribution in [2.45, 2.75) is 5.92 Å². The van der Waals surface area contributed by atoms with Gasteiger partial charge in [-0.25, -0.2) is 0 Å². The van der Waals surface area contributed by atoms with Gasteiger partial charge in [0.15, 0.2) is 0 Å². The summed E-state index contributed by atoms with van der Waals surface area (Å²) < 4.78 is 0. The van der Waals surface area contributed by atoms with Crippen molar-refractivity contribution in [1.82, 2.24) is 5.32 Å². The molecule has 1 N–H and O–H groups in total. The van der Waals surface area contributed by atoms with Crippen molar-refractivity contribution in [3.05, 3.63) is 71.3 Å². The summed E-state index contributed by atoms with van der Waals surface area (Å²) in [5.41, 5.74) is 2.25. The Labute approximate surface area is 104 Å². The van der Waals surface area contributed by atoms with E-state index in [9.17, 15) is 9.59 Å². The molecule has 0 radical (unpaired) electrons. The highest BCUT2D eigenvalue weighted by Gasteiger charge is 2.32. The summed E-state index contributed by atoms with van der Waals surface area (Å²) in [6.07, 6.45) is 0. The van der Waals surface area contributed by atoms with E-state index in [2.05, 4.69) is 5.32 Å². The summed E-state index contributed by atoms with van der Waals surface area (Å²) in [7, 11) is 0. The van der Waals surface area contributed by atoms with E-state index < -0.39 is 5.92 Å². The van der Waals surface area contributed by atoms with Gasteiger partial charge >= 0.3 is 0 Å². The average Bonchev–Trinajstić information content (AvgIpc) is 2.40. The van der Waals surface area contributed by atoms with E-state index >= 15 is 0 Å². The van der Waals surface area contributed by atoms with Gasteiger partial charge in [-0.15, -0.1) is 0 Å². The minimum absolute atomic E-state index is 0.259. The third-order valence-corrected chi connectivity index (χ3v) is 3.15. The van der Waals surface area contributed by atoms with Crippen LogP contribution >= 0.6 is 0 Å². The van der Waals surface area contributed by atoms with Crippen LogP contribution < -0.4 is 5.32 Å². The Balaban J connectivity index is 2.18. The number of carbonyl (C=O) groups is 2. The monoisotopic (exact) mass is 237 g/mol. The van der Waals surface area contributed by atoms with Gasteiger partial charge in [-0.3, -0.25) is 14.9 Å². The van der Waals surface area contributed by atoms with Crippen molar-refractivity contribution < 1.29 is 9.59 Å². The molecule has 2 amide bonds. The Morgan fingerprint density at radius 1 is 0.833 bits per heavy atom. The molecule has 2 aromatic carbocycles. The molecule has 3 heteroatoms. The summed E-state index contributed by atoms with van der Waals surface area (Å²) in [6, 6.07) is 16.7. The number of hydrogen-bond donors (Lipinski definition) is 1. The molecule has 0 aliphatic carbocycles. The van der Waals surface area contributed by atoms with Gasteiger partial charge in [0.2, 0.25) is 5.91 Å². The molecule has 0 aromatic heterocycles. The Hall–Kier alpha value is -2.42. The quantitative estimate of drug-likeness (QED) is 0.772. The average molecular weight is 237 g/mol. The van der Waals surface area contributed by atoms with Gasteiger partial charge in [-0.05, 0) is 17.2 Å². The molecule has 0 saturated carbocycles. The molecular formula is C15H11NO2. The van der Waals surface area contributed by atoms with Gasteiger partial charge in [0, 0.05) is 5.56 Å². The highest BCUT2D eigenvalue weighted by Crippen LogP contribution is 2.30. The van der Waals surface area contributed by atoms with Crippen molar-refractivity contribution in [2.24, 2.45) is 0 Å². The standard InChI is InChI=1S/C15H11NO2/c17-14-12-9-5-4-8-11(12)13(15(18)16-14)10-6-2-1-3-7-10/h1-9,13H,(H,16,17,18)/t13-/m0/s1. The van der Waals surface area contributed by atoms with Crippen LogP contribution in [0.15, 0.2) is 54.6 Å². The van der Waals surface area contributed by atoms with Gasteiger partial charge in [-0.1, -0.05) is 48.5 Å². The minimum Gasteiger partial charge on any atom is -0.291 e. The molecule has 0 saturated heterocycles. The largest absolute Gasteiger partial charge is 0.291 e. The Kier molecular flexibility index (Phi) is 2.45. The fourth-order valence-electron chi connectivity index (χ4n) is 2.32. The lowest BCUT2D eigenvalue weighted by molar-refractivity contribution is -0.121. The first-order valence-electron chi connectivity index (χ1n) is 5.76. The SMILES string of the molecule is O=C1NC(=O)[C@@H](c2ccccc2)c2ccccc21. The third kappa shape index (κ3) is 1.61. The highest BCUT2D eigenvalue weighted by atomic mass is 16.2. The predicted octanol–water partition coefficient (Wildman–Crippen LogP) is 2.09. The maximum Gasteiger partial charge on any atom is 0.258 e. The molecule has 0 unspecified atom stereocenters. The molecule has 18 heavy (non-hydrogen) atoms. The molecule has 1 atom stereocenters. The van der Waals surface area contributed by atoms with Gasteiger partial charge in [0.1, 0.15) is 0 Å². The maximum atomic E-state index is 12.0. The van der Waals surface area contributed by atoms with E-state index in [0.29, 0.717) is 5.56 Å². The molecule has 0 spiro atoms. The van der Waals surface area contributed by atoms with Gasteiger partial charge in [0.05, 0.1) is 5.92 Å². The van der Waals surface area contributed by atoms with Crippen LogP contribution in [-0.2, 0) is 4.79 Å². The van der Waals surface area contributed by atoms with E-state index in [1.54, 1.807) is 12.1 Å². The van der Waals surface area contributed by atoms with Crippen molar-refractivity contribution in [3.63, 3.8) is 0 Å². The molecule has 1 aliphatic rings. The van der Waals surface area contributed by atoms with E-state index in [1.165, 1.54) is 0 Å². The fraction of sp³-hybridized carbons (Fsp3) is 0.0667. The van der Waals surface area contributed by atoms with Crippen LogP contribution in [0.5, 0.6) is 0 Å². The number of hydrogen-bond acceptors (Lipinski definition) is 2. The number of rotatable bonds is 1. The zero-order chi connectivity index (χ0) is 12.5. The molecular weight excluding hydrogens is 226 g/mol. The number of imide groups is 1. The van der Waals surface area contributed by atoms with Gasteiger partial charge in [-0.2, -0.15) is 0 Å². The van der Waals surface area contributed by atoms with Crippen LogP contribution in [0.4, 0.5) is 0 Å². The topological polar surface area (TPSA) is 46.2 Å². The minimum atomic E-state index is -0.403. The van der Waals surface area contributed by atoms with Gasteiger partial charge < -0.3 is 0 Å². The van der Waals surface area contributed by atoms with Crippen LogP contribution in [0.3, 0.4) is 0 Å². The maximum absolute atomic E-state index is 12.0. The van der Waals surface area contributed by atoms with Crippen LogP contribution in [0, 0.1) is 0 Å². The van der Waals surface area contributed by atoms with Crippen molar-refractivity contribution in [3.8, 4) is 0 Å². The lowest BCUT2D eigenvalue weighted by Crippen LogP contribution is -2.40. The van der Waals surface area contributed by atoms with Crippen LogP contribution in [0.25, 0.3) is 0 Å². The summed E-state index contributed by atoms with van der Waals surface area (Å²) in [4.78, 5) is 23.8. The van der Waals surface area contributed by atoms with Crippen LogP contribution in [0.1, 0.15) is 27.4 Å². The highest BCUT2D eigenvalue weighted by molar-refractivity contribution is 6.12. The van der Waals surface area contributed by atoms with Crippen molar-refractivity contribution in [2.75, 3.05) is 0 Å². The number of fused-ring (bicyclic) bond motifs is 1. The molecule has 3 nitrogen and oxygen atoms in total. The van der Waals surface area contributed by atoms with Crippen LogP contribution in [0.2, 0.25) is 0 Å². The van der Waals surface area contributed by atoms with E-state index in [-0.39, 0.29) is 11.8 Å². The molecule has 0 fully saturated rings. The zero-order valence-electron chi connectivity index (χ0n) is 9.59. The third-order valence-electron chi connectivity index (χ3n) is 3.15. The normalized spacial score (nSPS) is 18.1. The van der Waals surface area contributed by atoms with E-state index in [0.717, 1.165) is 11.1 Å². The number of amides is 2. The molecule has 2 aromatic rings. The zero-order valence-corrected chi connectivity index (χ0v) is 9.59. The summed E-state index contributed by atoms with van der Waals surface area (Å²) >= 11 is 0. The second-order valence-electron chi connectivity index (χ2n) is 4.25. The Bertz CT molecular complexity index is 619. The molecule has 1 aliphatic heterocycles. The van der Waals surface area contributed by atoms with E-state index in [1.807, 2.05) is 42.5 Å². The van der Waals surface area contributed by atoms with Gasteiger partial charge in [0.25, 0.3) is 5.91 Å². The lowest BCUT2D eigenvalue weighted by Gasteiger charge is -2.24. The predicted molar refractivity (Wildman–Crippen MR) is 67.2 cm³/mol. The second-order valence-corrected chi connectivity index (χ2v) is 4.25. The first-order valence-corrected chi connectivity index (χ1v) is 5.76. The summed E-state index contributed by atoms with van der Waals surface area (Å²) in [5.74, 6) is -0.979. The fourth-order valence-corrected chi connectivity index (χ4v) is 2.32. The van der Waals surface area contributed by atoms with Crippen molar-refractivity contribution in [1.29, 1.82) is 0 Å². The first kappa shape index (κ1) is 10.7. The Morgan fingerprint density at radius 3 is 2.28 bits per heavy atom.